The van der Waals surface area contributed by atoms with Crippen LogP contribution in [0.15, 0.2) is 48.8 Å². The number of hydrogen-bond donors (Lipinski definition) is 2. The molecule has 0 spiro atoms. The van der Waals surface area contributed by atoms with Gasteiger partial charge in [0.2, 0.25) is 17.7 Å². The zero-order valence-corrected chi connectivity index (χ0v) is 25.1. The molecule has 2 aliphatic rings. The molecule has 2 fully saturated rings. The molecule has 4 amide bonds. The molecule has 2 N–H and O–H groups in total. The van der Waals surface area contributed by atoms with Gasteiger partial charge in [-0.15, -0.1) is 0 Å². The second kappa shape index (κ2) is 15.0. The Morgan fingerprint density at radius 1 is 0.956 bits per heavy atom. The zero-order chi connectivity index (χ0) is 32.5. The summed E-state index contributed by atoms with van der Waals surface area (Å²) in [4.78, 5) is 87.5. The van der Waals surface area contributed by atoms with Gasteiger partial charge in [0, 0.05) is 62.9 Å². The topological polar surface area (TPSA) is 179 Å². The summed E-state index contributed by atoms with van der Waals surface area (Å²) in [5.74, 6) is -4.03. The molecule has 15 nitrogen and oxygen atoms in total. The van der Waals surface area contributed by atoms with Crippen LogP contribution >= 0.6 is 0 Å². The number of carbonyl (C=O) groups is 6. The van der Waals surface area contributed by atoms with E-state index in [0.29, 0.717) is 31.9 Å². The van der Waals surface area contributed by atoms with Gasteiger partial charge in [0.05, 0.1) is 27.1 Å². The monoisotopic (exact) mass is 624 g/mol. The summed E-state index contributed by atoms with van der Waals surface area (Å²) in [6.45, 7) is 1.02. The summed E-state index contributed by atoms with van der Waals surface area (Å²) >= 11 is 0. The van der Waals surface area contributed by atoms with Crippen LogP contribution in [0.3, 0.4) is 0 Å². The molecule has 15 heteroatoms. The van der Waals surface area contributed by atoms with E-state index in [1.54, 1.807) is 29.4 Å². The molecular weight excluding hydrogens is 588 g/mol. The van der Waals surface area contributed by atoms with Crippen LogP contribution in [0.2, 0.25) is 0 Å². The predicted octanol–water partition coefficient (Wildman–Crippen LogP) is -0.385. The molecule has 45 heavy (non-hydrogen) atoms. The van der Waals surface area contributed by atoms with Crippen LogP contribution in [-0.4, -0.2) is 132 Å². The lowest BCUT2D eigenvalue weighted by Gasteiger charge is -2.41. The molecule has 2 aliphatic heterocycles. The Morgan fingerprint density at radius 2 is 1.62 bits per heavy atom. The highest BCUT2D eigenvalue weighted by Crippen LogP contribution is 2.20. The van der Waals surface area contributed by atoms with Crippen LogP contribution in [0.25, 0.3) is 0 Å². The fraction of sp³-hybridized carbons (Fsp3) is 0.433. The quantitative estimate of drug-likeness (QED) is 0.311. The summed E-state index contributed by atoms with van der Waals surface area (Å²) in [5, 5.41) is 11.9. The van der Waals surface area contributed by atoms with Gasteiger partial charge in [-0.05, 0) is 36.4 Å². The summed E-state index contributed by atoms with van der Waals surface area (Å²) < 4.78 is 9.86. The van der Waals surface area contributed by atoms with Crippen LogP contribution in [0.4, 0.5) is 5.69 Å². The number of anilines is 1. The number of carboxylic acids is 1. The number of rotatable bonds is 11. The van der Waals surface area contributed by atoms with Gasteiger partial charge in [0.25, 0.3) is 5.91 Å². The Balaban J connectivity index is 1.54. The maximum absolute atomic E-state index is 14.0. The molecule has 4 rings (SSSR count). The van der Waals surface area contributed by atoms with Gasteiger partial charge in [-0.1, -0.05) is 0 Å². The molecular formula is C30H36N6O9. The number of hydrogen-bond acceptors (Lipinski definition) is 10. The van der Waals surface area contributed by atoms with E-state index >= 15 is 0 Å². The molecule has 0 unspecified atom stereocenters. The summed E-state index contributed by atoms with van der Waals surface area (Å²) in [6, 6.07) is 7.15. The molecule has 1 aromatic carbocycles. The first kappa shape index (κ1) is 32.7. The SMILES string of the molecule is COC(=O)C[C@@H]1C(=O)N(CC(=O)O)CCN1C(=O)[C@H](CC(=O)N1CCN(c2ccncc2)CC1)NC(=O)c1ccc(OC)cc1. The predicted molar refractivity (Wildman–Crippen MR) is 158 cm³/mol. The maximum atomic E-state index is 14.0. The highest BCUT2D eigenvalue weighted by molar-refractivity contribution is 6.01. The number of nitrogens with one attached hydrogen (secondary N) is 1. The minimum atomic E-state index is -1.38. The van der Waals surface area contributed by atoms with Crippen molar-refractivity contribution < 1.29 is 43.3 Å². The Kier molecular flexibility index (Phi) is 10.9. The first-order valence-corrected chi connectivity index (χ1v) is 14.4. The highest BCUT2D eigenvalue weighted by atomic mass is 16.5. The van der Waals surface area contributed by atoms with Crippen LogP contribution in [-0.2, 0) is 28.7 Å². The second-order valence-corrected chi connectivity index (χ2v) is 10.5. The van der Waals surface area contributed by atoms with Crippen LogP contribution in [0, 0.1) is 0 Å². The van der Waals surface area contributed by atoms with Crippen molar-refractivity contribution in [3.8, 4) is 5.75 Å². The Hall–Kier alpha value is -5.21. The average molecular weight is 625 g/mol. The molecule has 240 valence electrons. The fourth-order valence-corrected chi connectivity index (χ4v) is 5.32. The van der Waals surface area contributed by atoms with E-state index in [-0.39, 0.29) is 24.6 Å². The van der Waals surface area contributed by atoms with Crippen molar-refractivity contribution in [2.45, 2.75) is 24.9 Å². The van der Waals surface area contributed by atoms with E-state index in [9.17, 15) is 33.9 Å². The number of carboxylic acid groups (broad SMARTS) is 1. The Bertz CT molecular complexity index is 1400. The minimum absolute atomic E-state index is 0.112. The molecule has 3 heterocycles. The summed E-state index contributed by atoms with van der Waals surface area (Å²) in [5.41, 5.74) is 1.18. The third kappa shape index (κ3) is 8.25. The summed E-state index contributed by atoms with van der Waals surface area (Å²) in [7, 11) is 2.61. The van der Waals surface area contributed by atoms with Crippen LogP contribution < -0.4 is 15.0 Å². The molecule has 2 saturated heterocycles. The molecule has 2 aromatic rings. The Labute approximate surface area is 259 Å². The van der Waals surface area contributed by atoms with E-state index in [0.717, 1.165) is 22.6 Å². The van der Waals surface area contributed by atoms with Crippen molar-refractivity contribution in [1.82, 2.24) is 25.0 Å². The number of nitrogens with zero attached hydrogens (tertiary/aromatic N) is 5. The van der Waals surface area contributed by atoms with Crippen LogP contribution in [0.1, 0.15) is 23.2 Å². The number of aliphatic carboxylic acids is 1. The van der Waals surface area contributed by atoms with Gasteiger partial charge < -0.3 is 39.5 Å². The number of pyridine rings is 1. The van der Waals surface area contributed by atoms with Gasteiger partial charge in [-0.2, -0.15) is 0 Å². The number of carbonyl (C=O) groups excluding carboxylic acids is 5. The summed E-state index contributed by atoms with van der Waals surface area (Å²) in [6.07, 6.45) is 2.45. The minimum Gasteiger partial charge on any atom is -0.497 e. The third-order valence-corrected chi connectivity index (χ3v) is 7.78. The van der Waals surface area contributed by atoms with Crippen molar-refractivity contribution in [2.75, 3.05) is 64.9 Å². The van der Waals surface area contributed by atoms with E-state index in [2.05, 4.69) is 15.2 Å². The van der Waals surface area contributed by atoms with Crippen molar-refractivity contribution >= 4 is 41.3 Å². The van der Waals surface area contributed by atoms with E-state index in [1.807, 2.05) is 12.1 Å². The smallest absolute Gasteiger partial charge is 0.323 e. The number of ether oxygens (including phenoxy) is 2. The van der Waals surface area contributed by atoms with Crippen molar-refractivity contribution in [2.24, 2.45) is 0 Å². The maximum Gasteiger partial charge on any atom is 0.323 e. The van der Waals surface area contributed by atoms with Gasteiger partial charge in [-0.3, -0.25) is 33.8 Å². The van der Waals surface area contributed by atoms with Crippen LogP contribution in [0.5, 0.6) is 5.75 Å². The van der Waals surface area contributed by atoms with Gasteiger partial charge in [0.15, 0.2) is 0 Å². The van der Waals surface area contributed by atoms with Crippen molar-refractivity contribution in [1.29, 1.82) is 0 Å². The van der Waals surface area contributed by atoms with Crippen molar-refractivity contribution in [3.05, 3.63) is 54.4 Å². The molecule has 0 saturated carbocycles. The fourth-order valence-electron chi connectivity index (χ4n) is 5.32. The molecule has 0 bridgehead atoms. The second-order valence-electron chi connectivity index (χ2n) is 10.5. The number of methoxy groups -OCH3 is 2. The number of aromatic nitrogens is 1. The van der Waals surface area contributed by atoms with E-state index in [4.69, 9.17) is 9.47 Å². The lowest BCUT2D eigenvalue weighted by Crippen LogP contribution is -2.63. The van der Waals surface area contributed by atoms with E-state index in [1.165, 1.54) is 19.2 Å². The lowest BCUT2D eigenvalue weighted by molar-refractivity contribution is -0.159. The van der Waals surface area contributed by atoms with Crippen molar-refractivity contribution in [3.63, 3.8) is 0 Å². The standard InChI is InChI=1S/C30H36N6O9/c1-44-22-5-3-20(4-6-22)28(41)32-23(17-25(37)34-13-11-33(12-14-34)21-7-9-31-10-8-21)29(42)36-16-15-35(19-26(38)39)30(43)24(36)18-27(40)45-2/h3-10,23-24H,11-19H2,1-2H3,(H,32,41)(H,38,39)/t23-,24+/m0/s1. The molecule has 1 aromatic heterocycles. The zero-order valence-electron chi connectivity index (χ0n) is 25.1. The van der Waals surface area contributed by atoms with Gasteiger partial charge >= 0.3 is 11.9 Å². The highest BCUT2D eigenvalue weighted by Gasteiger charge is 2.42. The molecule has 2 atom stereocenters. The van der Waals surface area contributed by atoms with Gasteiger partial charge in [0.1, 0.15) is 24.4 Å². The van der Waals surface area contributed by atoms with Gasteiger partial charge in [-0.25, -0.2) is 0 Å². The normalized spacial score (nSPS) is 17.4. The molecule has 0 radical (unpaired) electrons. The first-order chi connectivity index (χ1) is 21.6. The largest absolute Gasteiger partial charge is 0.497 e. The Morgan fingerprint density at radius 3 is 2.22 bits per heavy atom. The lowest BCUT2D eigenvalue weighted by atomic mass is 10.0. The molecule has 0 aliphatic carbocycles. The van der Waals surface area contributed by atoms with E-state index < -0.39 is 61.1 Å². The number of piperazine rings is 2. The number of esters is 1. The average Bonchev–Trinajstić information content (AvgIpc) is 3.06. The number of amides is 4. The number of benzene rings is 1. The third-order valence-electron chi connectivity index (χ3n) is 7.78. The first-order valence-electron chi connectivity index (χ1n) is 14.4.